The number of benzene rings is 1. The average Bonchev–Trinajstić information content (AvgIpc) is 3.13. The summed E-state index contributed by atoms with van der Waals surface area (Å²) in [6.45, 7) is 9.16. The van der Waals surface area contributed by atoms with E-state index in [-0.39, 0.29) is 17.9 Å². The van der Waals surface area contributed by atoms with Gasteiger partial charge in [0, 0.05) is 33.2 Å². The van der Waals surface area contributed by atoms with E-state index in [0.717, 1.165) is 12.3 Å². The van der Waals surface area contributed by atoms with Crippen molar-refractivity contribution in [1.29, 1.82) is 0 Å². The van der Waals surface area contributed by atoms with Gasteiger partial charge < -0.3 is 25.0 Å². The minimum Gasteiger partial charge on any atom is -0.444 e. The quantitative estimate of drug-likeness (QED) is 0.511. The molecule has 0 radical (unpaired) electrons. The zero-order valence-electron chi connectivity index (χ0n) is 19.5. The van der Waals surface area contributed by atoms with Crippen molar-refractivity contribution in [2.45, 2.75) is 51.8 Å². The molecule has 2 N–H and O–H groups in total. The molecule has 0 aliphatic carbocycles. The van der Waals surface area contributed by atoms with Crippen molar-refractivity contribution in [3.63, 3.8) is 0 Å². The highest BCUT2D eigenvalue weighted by atomic mass is 16.6. The van der Waals surface area contributed by atoms with E-state index in [0.29, 0.717) is 25.3 Å². The van der Waals surface area contributed by atoms with Crippen molar-refractivity contribution in [2.75, 3.05) is 33.9 Å². The minimum absolute atomic E-state index is 0.187. The lowest BCUT2D eigenvalue weighted by molar-refractivity contribution is -0.133. The second kappa shape index (κ2) is 11.1. The number of likely N-dealkylation sites (N-methyl/N-ethyl adjacent to an activating group) is 1. The monoisotopic (exact) mass is 432 g/mol. The first kappa shape index (κ1) is 24.7. The van der Waals surface area contributed by atoms with E-state index < -0.39 is 17.7 Å². The first-order valence-corrected chi connectivity index (χ1v) is 10.7. The Morgan fingerprint density at radius 3 is 2.48 bits per heavy atom. The van der Waals surface area contributed by atoms with Gasteiger partial charge in [-0.15, -0.1) is 0 Å². The second-order valence-electron chi connectivity index (χ2n) is 8.69. The van der Waals surface area contributed by atoms with Crippen LogP contribution in [0.15, 0.2) is 35.3 Å². The Morgan fingerprint density at radius 1 is 1.26 bits per heavy atom. The molecule has 31 heavy (non-hydrogen) atoms. The highest BCUT2D eigenvalue weighted by Crippen LogP contribution is 2.28. The molecule has 0 bridgehead atoms. The predicted octanol–water partition coefficient (Wildman–Crippen LogP) is 2.75. The number of nitrogens with one attached hydrogen (secondary N) is 2. The van der Waals surface area contributed by atoms with E-state index >= 15 is 0 Å². The van der Waals surface area contributed by atoms with Crippen molar-refractivity contribution in [3.8, 4) is 0 Å². The summed E-state index contributed by atoms with van der Waals surface area (Å²) < 4.78 is 10.8. The molecule has 1 aliphatic rings. The maximum atomic E-state index is 13.8. The number of methoxy groups -OCH3 is 1. The Hall–Kier alpha value is -2.61. The van der Waals surface area contributed by atoms with Crippen LogP contribution in [-0.4, -0.2) is 68.2 Å². The normalized spacial score (nSPS) is 20.3. The molecule has 0 aromatic heterocycles. The molecule has 172 valence electrons. The zero-order chi connectivity index (χ0) is 23.0. The Kier molecular flexibility index (Phi) is 8.86. The molecule has 1 aromatic carbocycles. The van der Waals surface area contributed by atoms with Crippen molar-refractivity contribution >= 4 is 17.8 Å². The van der Waals surface area contributed by atoms with Crippen LogP contribution in [0.2, 0.25) is 0 Å². The number of amidine groups is 1. The second-order valence-corrected chi connectivity index (χ2v) is 8.69. The fourth-order valence-corrected chi connectivity index (χ4v) is 3.83. The summed E-state index contributed by atoms with van der Waals surface area (Å²) in [5.74, 6) is 0.755. The van der Waals surface area contributed by atoms with Crippen LogP contribution in [0.1, 0.15) is 45.7 Å². The topological polar surface area (TPSA) is 92.3 Å². The van der Waals surface area contributed by atoms with Gasteiger partial charge in [0.15, 0.2) is 0 Å². The fourth-order valence-electron chi connectivity index (χ4n) is 3.83. The minimum atomic E-state index is -0.862. The van der Waals surface area contributed by atoms with Crippen molar-refractivity contribution in [2.24, 2.45) is 10.9 Å². The summed E-state index contributed by atoms with van der Waals surface area (Å²) in [6, 6.07) is 8.16. The summed E-state index contributed by atoms with van der Waals surface area (Å²) in [5.41, 5.74) is 0.0343. The van der Waals surface area contributed by atoms with Crippen LogP contribution in [0.5, 0.6) is 0 Å². The molecule has 0 spiro atoms. The van der Waals surface area contributed by atoms with E-state index in [1.165, 1.54) is 0 Å². The number of likely N-dealkylation sites (tertiary alicyclic amines) is 1. The molecule has 2 unspecified atom stereocenters. The number of aliphatic imine (C=N–C) groups is 1. The summed E-state index contributed by atoms with van der Waals surface area (Å²) >= 11 is 0. The third-order valence-corrected chi connectivity index (χ3v) is 5.03. The van der Waals surface area contributed by atoms with Crippen LogP contribution < -0.4 is 10.6 Å². The average molecular weight is 433 g/mol. The van der Waals surface area contributed by atoms with Crippen LogP contribution >= 0.6 is 0 Å². The highest BCUT2D eigenvalue weighted by Gasteiger charge is 2.41. The number of hydrogen-bond acceptors (Lipinski definition) is 5. The van der Waals surface area contributed by atoms with E-state index in [1.54, 1.807) is 39.8 Å². The molecule has 3 atom stereocenters. The molecule has 1 saturated heterocycles. The Labute approximate surface area is 185 Å². The largest absolute Gasteiger partial charge is 0.444 e. The maximum Gasteiger partial charge on any atom is 0.408 e. The third-order valence-electron chi connectivity index (χ3n) is 5.03. The number of nitrogens with zero attached hydrogens (tertiary/aromatic N) is 2. The molecule has 8 heteroatoms. The molecule has 1 aromatic rings. The number of carbonyl (C=O) groups excluding carboxylic acids is 2. The molecule has 2 amide bonds. The SMILES string of the molecule is CCNC(=NC)C1CC(COC)CN1C(=O)[C@H](NC(=O)OC(C)(C)C)c1ccccc1. The maximum absolute atomic E-state index is 13.8. The van der Waals surface area contributed by atoms with Gasteiger partial charge in [-0.25, -0.2) is 4.79 Å². The van der Waals surface area contributed by atoms with Gasteiger partial charge >= 0.3 is 6.09 Å². The molecule has 1 fully saturated rings. The van der Waals surface area contributed by atoms with E-state index in [9.17, 15) is 9.59 Å². The van der Waals surface area contributed by atoms with Crippen LogP contribution in [-0.2, 0) is 14.3 Å². The summed E-state index contributed by atoms with van der Waals surface area (Å²) in [7, 11) is 3.38. The van der Waals surface area contributed by atoms with Gasteiger partial charge in [-0.3, -0.25) is 9.79 Å². The molecule has 8 nitrogen and oxygen atoms in total. The van der Waals surface area contributed by atoms with Gasteiger partial charge in [0.25, 0.3) is 5.91 Å². The highest BCUT2D eigenvalue weighted by molar-refractivity contribution is 5.94. The van der Waals surface area contributed by atoms with Crippen LogP contribution in [0.3, 0.4) is 0 Å². The summed E-state index contributed by atoms with van der Waals surface area (Å²) in [5, 5.41) is 6.05. The van der Waals surface area contributed by atoms with E-state index in [4.69, 9.17) is 9.47 Å². The Balaban J connectivity index is 2.34. The number of amides is 2. The van der Waals surface area contributed by atoms with Gasteiger partial charge in [-0.1, -0.05) is 30.3 Å². The van der Waals surface area contributed by atoms with Crippen LogP contribution in [0, 0.1) is 5.92 Å². The molecule has 1 aliphatic heterocycles. The Morgan fingerprint density at radius 2 is 1.94 bits per heavy atom. The fraction of sp³-hybridized carbons (Fsp3) is 0.609. The smallest absolute Gasteiger partial charge is 0.408 e. The first-order valence-electron chi connectivity index (χ1n) is 10.7. The van der Waals surface area contributed by atoms with Crippen LogP contribution in [0.4, 0.5) is 4.79 Å². The lowest BCUT2D eigenvalue weighted by atomic mass is 10.0. The van der Waals surface area contributed by atoms with Gasteiger partial charge in [0.05, 0.1) is 12.6 Å². The van der Waals surface area contributed by atoms with Gasteiger partial charge in [-0.05, 0) is 39.7 Å². The predicted molar refractivity (Wildman–Crippen MR) is 121 cm³/mol. The summed E-state index contributed by atoms with van der Waals surface area (Å²) in [6.07, 6.45) is 0.114. The third kappa shape index (κ3) is 6.95. The van der Waals surface area contributed by atoms with E-state index in [2.05, 4.69) is 15.6 Å². The number of alkyl carbamates (subject to hydrolysis) is 1. The first-order chi connectivity index (χ1) is 14.7. The molecular formula is C23H36N4O4. The standard InChI is InChI=1S/C23H36N4O4/c1-7-25-20(24-5)18-13-16(15-30-6)14-27(18)21(28)19(17-11-9-8-10-12-17)26-22(29)31-23(2,3)4/h8-12,16,18-19H,7,13-15H2,1-6H3,(H,24,25)(H,26,29)/t16?,18?,19-/m1/s1. The number of ether oxygens (including phenoxy) is 2. The summed E-state index contributed by atoms with van der Waals surface area (Å²) in [4.78, 5) is 32.5. The van der Waals surface area contributed by atoms with Crippen molar-refractivity contribution < 1.29 is 19.1 Å². The number of rotatable bonds is 7. The zero-order valence-corrected chi connectivity index (χ0v) is 19.5. The van der Waals surface area contributed by atoms with Crippen molar-refractivity contribution in [3.05, 3.63) is 35.9 Å². The van der Waals surface area contributed by atoms with Gasteiger partial charge in [-0.2, -0.15) is 0 Å². The Bertz CT molecular complexity index is 761. The molecule has 1 heterocycles. The number of carbonyl (C=O) groups is 2. The lowest BCUT2D eigenvalue weighted by Crippen LogP contribution is -2.50. The molecular weight excluding hydrogens is 396 g/mol. The van der Waals surface area contributed by atoms with Crippen molar-refractivity contribution in [1.82, 2.24) is 15.5 Å². The number of hydrogen-bond donors (Lipinski definition) is 2. The van der Waals surface area contributed by atoms with Gasteiger partial charge in [0.1, 0.15) is 17.5 Å². The van der Waals surface area contributed by atoms with E-state index in [1.807, 2.05) is 37.3 Å². The van der Waals surface area contributed by atoms with Gasteiger partial charge in [0.2, 0.25) is 0 Å². The molecule has 0 saturated carbocycles. The van der Waals surface area contributed by atoms with Crippen LogP contribution in [0.25, 0.3) is 0 Å². The molecule has 2 rings (SSSR count). The lowest BCUT2D eigenvalue weighted by Gasteiger charge is -2.31.